The van der Waals surface area contributed by atoms with Crippen LogP contribution in [0.15, 0.2) is 108 Å². The van der Waals surface area contributed by atoms with Crippen LogP contribution in [0.2, 0.25) is 0 Å². The van der Waals surface area contributed by atoms with E-state index in [0.717, 1.165) is 61.2 Å². The summed E-state index contributed by atoms with van der Waals surface area (Å²) in [5, 5.41) is 16.7. The van der Waals surface area contributed by atoms with Crippen molar-refractivity contribution in [3.8, 4) is 17.2 Å². The van der Waals surface area contributed by atoms with Crippen molar-refractivity contribution in [2.24, 2.45) is 0 Å². The number of aryl methyl sites for hydroxylation is 2. The third-order valence-electron chi connectivity index (χ3n) is 8.22. The van der Waals surface area contributed by atoms with Crippen LogP contribution < -0.4 is 10.6 Å². The number of nitrogens with zero attached hydrogens (tertiary/aromatic N) is 2. The number of aromatic nitrogens is 1. The molecule has 0 radical (unpaired) electrons. The van der Waals surface area contributed by atoms with Crippen LogP contribution in [0.5, 0.6) is 0 Å². The Morgan fingerprint density at radius 1 is 0.956 bits per heavy atom. The fraction of sp³-hybridized carbons (Fsp3) is 0.317. The van der Waals surface area contributed by atoms with Gasteiger partial charge in [0.2, 0.25) is 0 Å². The Morgan fingerprint density at radius 2 is 1.71 bits per heavy atom. The molecule has 1 saturated carbocycles. The molecule has 5 rings (SSSR count). The molecule has 0 aliphatic heterocycles. The van der Waals surface area contributed by atoms with Crippen LogP contribution in [0.25, 0.3) is 17.2 Å². The van der Waals surface area contributed by atoms with Crippen molar-refractivity contribution in [1.82, 2.24) is 10.3 Å². The van der Waals surface area contributed by atoms with Crippen molar-refractivity contribution >= 4 is 11.8 Å². The lowest BCUT2D eigenvalue weighted by molar-refractivity contribution is 0.658. The van der Waals surface area contributed by atoms with Gasteiger partial charge in [0.15, 0.2) is 0 Å². The van der Waals surface area contributed by atoms with Crippen LogP contribution in [0.3, 0.4) is 0 Å². The van der Waals surface area contributed by atoms with Gasteiger partial charge in [-0.15, -0.1) is 0 Å². The summed E-state index contributed by atoms with van der Waals surface area (Å²) < 4.78 is 0. The first-order valence-electron chi connectivity index (χ1n) is 16.4. The number of nitrogens with one attached hydrogen (secondary N) is 2. The summed E-state index contributed by atoms with van der Waals surface area (Å²) in [6.07, 6.45) is 17.3. The highest BCUT2D eigenvalue weighted by atomic mass is 14.9. The van der Waals surface area contributed by atoms with E-state index >= 15 is 0 Å². The van der Waals surface area contributed by atoms with Gasteiger partial charge in [-0.3, -0.25) is 4.98 Å². The summed E-state index contributed by atoms with van der Waals surface area (Å²) in [5.41, 5.74) is 12.1. The van der Waals surface area contributed by atoms with Gasteiger partial charge >= 0.3 is 0 Å². The van der Waals surface area contributed by atoms with Crippen LogP contribution in [0.1, 0.15) is 73.8 Å². The number of hydrogen-bond donors (Lipinski definition) is 2. The summed E-state index contributed by atoms with van der Waals surface area (Å²) in [4.78, 5) is 4.18. The molecule has 0 bridgehead atoms. The van der Waals surface area contributed by atoms with Gasteiger partial charge < -0.3 is 10.6 Å². The molecular formula is C41H48N4. The lowest BCUT2D eigenvalue weighted by Crippen LogP contribution is -2.08. The maximum Gasteiger partial charge on any atom is 0.102 e. The first kappa shape index (κ1) is 33.4. The van der Waals surface area contributed by atoms with E-state index in [2.05, 4.69) is 120 Å². The molecule has 1 aromatic heterocycles. The number of anilines is 1. The van der Waals surface area contributed by atoms with E-state index in [1.165, 1.54) is 59.1 Å². The van der Waals surface area contributed by atoms with Crippen LogP contribution in [0, 0.1) is 11.3 Å². The fourth-order valence-electron chi connectivity index (χ4n) is 5.67. The monoisotopic (exact) mass is 596 g/mol. The lowest BCUT2D eigenvalue weighted by atomic mass is 9.88. The smallest absolute Gasteiger partial charge is 0.102 e. The first-order valence-corrected chi connectivity index (χ1v) is 16.4. The number of benzene rings is 3. The highest BCUT2D eigenvalue weighted by Crippen LogP contribution is 2.33. The number of rotatable bonds is 13. The molecule has 1 aliphatic carbocycles. The summed E-state index contributed by atoms with van der Waals surface area (Å²) in [6.45, 7) is 6.13. The quantitative estimate of drug-likeness (QED) is 0.119. The van der Waals surface area contributed by atoms with Gasteiger partial charge in [-0.05, 0) is 104 Å². The molecule has 2 N–H and O–H groups in total. The summed E-state index contributed by atoms with van der Waals surface area (Å²) in [6, 6.07) is 29.8. The molecule has 1 heterocycles. The standard InChI is InChI=1S/C28H28N2.C13H20N2/c29-21-27-26(17-16-23-11-7-12-23)25(24-14-5-2-6-15-24)18-19-28(27)30-20-8-13-22-9-3-1-4-10-22;1-4-5-12-6-7-15-10-13(12)8-11(2)9-14-3/h1-6,9-10,14-16,18-19,30H,7-8,11-13,17,20H2;6-8,10,14H,4-5,9H2,1-3H3/b;11-8+. The zero-order chi connectivity index (χ0) is 31.7. The Balaban J connectivity index is 0.000000259. The lowest BCUT2D eigenvalue weighted by Gasteiger charge is -2.19. The van der Waals surface area contributed by atoms with E-state index in [9.17, 15) is 5.26 Å². The van der Waals surface area contributed by atoms with Crippen LogP contribution in [-0.4, -0.2) is 25.1 Å². The summed E-state index contributed by atoms with van der Waals surface area (Å²) in [7, 11) is 1.97. The predicted molar refractivity (Wildman–Crippen MR) is 191 cm³/mol. The molecule has 1 aliphatic rings. The normalized spacial score (nSPS) is 12.4. The summed E-state index contributed by atoms with van der Waals surface area (Å²) in [5.74, 6) is 0. The minimum Gasteiger partial charge on any atom is -0.384 e. The third-order valence-corrected chi connectivity index (χ3v) is 8.22. The Kier molecular flexibility index (Phi) is 13.6. The number of likely N-dealkylation sites (N-methyl/N-ethyl adjacent to an activating group) is 1. The highest BCUT2D eigenvalue weighted by molar-refractivity contribution is 5.76. The van der Waals surface area contributed by atoms with Gasteiger partial charge in [0.05, 0.1) is 11.3 Å². The molecule has 1 fully saturated rings. The molecule has 4 nitrogen and oxygen atoms in total. The van der Waals surface area contributed by atoms with Crippen molar-refractivity contribution in [3.63, 3.8) is 0 Å². The number of hydrogen-bond acceptors (Lipinski definition) is 4. The number of nitriles is 1. The SMILES string of the molecule is CCCc1ccncc1/C=C(\C)CNC.N#Cc1c(NCCCc2ccccc2)ccc(-c2ccccc2)c1CC=C1CCC1. The van der Waals surface area contributed by atoms with Gasteiger partial charge in [-0.25, -0.2) is 0 Å². The van der Waals surface area contributed by atoms with E-state index in [-0.39, 0.29) is 0 Å². The average molecular weight is 597 g/mol. The van der Waals surface area contributed by atoms with Crippen LogP contribution >= 0.6 is 0 Å². The van der Waals surface area contributed by atoms with Gasteiger partial charge in [-0.1, -0.05) is 103 Å². The maximum atomic E-state index is 10.0. The zero-order valence-electron chi connectivity index (χ0n) is 27.3. The highest BCUT2D eigenvalue weighted by Gasteiger charge is 2.15. The van der Waals surface area contributed by atoms with E-state index in [4.69, 9.17) is 0 Å². The zero-order valence-corrected chi connectivity index (χ0v) is 27.3. The van der Waals surface area contributed by atoms with E-state index < -0.39 is 0 Å². The molecule has 0 saturated heterocycles. The molecule has 0 atom stereocenters. The average Bonchev–Trinajstić information content (AvgIpc) is 3.05. The minimum atomic E-state index is 0.784. The number of pyridine rings is 1. The topological polar surface area (TPSA) is 60.7 Å². The van der Waals surface area contributed by atoms with E-state index in [0.29, 0.717) is 0 Å². The van der Waals surface area contributed by atoms with Crippen molar-refractivity contribution < 1.29 is 0 Å². The first-order chi connectivity index (χ1) is 22.1. The second-order valence-electron chi connectivity index (χ2n) is 11.8. The molecular weight excluding hydrogens is 548 g/mol. The molecule has 4 heteroatoms. The second kappa shape index (κ2) is 18.4. The molecule has 0 unspecified atom stereocenters. The van der Waals surface area contributed by atoms with E-state index in [1.807, 2.05) is 25.5 Å². The van der Waals surface area contributed by atoms with Crippen molar-refractivity contribution in [2.45, 2.75) is 65.2 Å². The molecule has 3 aromatic carbocycles. The second-order valence-corrected chi connectivity index (χ2v) is 11.8. The molecule has 0 spiro atoms. The Morgan fingerprint density at radius 3 is 2.38 bits per heavy atom. The largest absolute Gasteiger partial charge is 0.384 e. The van der Waals surface area contributed by atoms with Crippen LogP contribution in [0.4, 0.5) is 5.69 Å². The predicted octanol–water partition coefficient (Wildman–Crippen LogP) is 9.58. The van der Waals surface area contributed by atoms with Crippen molar-refractivity contribution in [1.29, 1.82) is 5.26 Å². The van der Waals surface area contributed by atoms with Gasteiger partial charge in [0, 0.05) is 25.5 Å². The van der Waals surface area contributed by atoms with Crippen molar-refractivity contribution in [2.75, 3.05) is 25.5 Å². The van der Waals surface area contributed by atoms with Crippen LogP contribution in [-0.2, 0) is 19.3 Å². The Labute approximate surface area is 271 Å². The Hall–Kier alpha value is -4.46. The number of allylic oxidation sites excluding steroid dienone is 2. The maximum absolute atomic E-state index is 10.0. The van der Waals surface area contributed by atoms with Gasteiger partial charge in [-0.2, -0.15) is 5.26 Å². The van der Waals surface area contributed by atoms with Crippen molar-refractivity contribution in [3.05, 3.63) is 136 Å². The minimum absolute atomic E-state index is 0.784. The molecule has 4 aromatic rings. The molecule has 45 heavy (non-hydrogen) atoms. The Bertz CT molecular complexity index is 1570. The molecule has 232 valence electrons. The third kappa shape index (κ3) is 10.3. The van der Waals surface area contributed by atoms with Gasteiger partial charge in [0.1, 0.15) is 6.07 Å². The summed E-state index contributed by atoms with van der Waals surface area (Å²) >= 11 is 0. The van der Waals surface area contributed by atoms with Gasteiger partial charge in [0.25, 0.3) is 0 Å². The fourth-order valence-corrected chi connectivity index (χ4v) is 5.67. The van der Waals surface area contributed by atoms with E-state index in [1.54, 1.807) is 0 Å². The molecule has 0 amide bonds.